The van der Waals surface area contributed by atoms with Crippen molar-refractivity contribution < 1.29 is 14.3 Å². The standard InChI is InChI=1S/C14H19ClN2O3/c1-14(2,3)20-13(18)17-7-5-11(9-17)19-10-4-6-16-12(15)8-10/h4,6,8,11H,5,7,9H2,1-3H3. The summed E-state index contributed by atoms with van der Waals surface area (Å²) in [4.78, 5) is 17.5. The van der Waals surface area contributed by atoms with Crippen LogP contribution in [0, 0.1) is 0 Å². The molecule has 20 heavy (non-hydrogen) atoms. The Kier molecular flexibility index (Phi) is 4.38. The average molecular weight is 299 g/mol. The Hall–Kier alpha value is -1.49. The molecule has 1 unspecified atom stereocenters. The molecule has 0 bridgehead atoms. The summed E-state index contributed by atoms with van der Waals surface area (Å²) in [5, 5.41) is 0.393. The lowest BCUT2D eigenvalue weighted by Gasteiger charge is -2.24. The first-order valence-electron chi connectivity index (χ1n) is 6.59. The van der Waals surface area contributed by atoms with Gasteiger partial charge in [-0.2, -0.15) is 0 Å². The van der Waals surface area contributed by atoms with E-state index in [2.05, 4.69) is 4.98 Å². The van der Waals surface area contributed by atoms with Crippen molar-refractivity contribution in [2.24, 2.45) is 0 Å². The van der Waals surface area contributed by atoms with Gasteiger partial charge in [0.05, 0.1) is 6.54 Å². The van der Waals surface area contributed by atoms with Crippen LogP contribution in [0.2, 0.25) is 5.15 Å². The SMILES string of the molecule is CC(C)(C)OC(=O)N1CCC(Oc2ccnc(Cl)c2)C1. The molecule has 5 nitrogen and oxygen atoms in total. The Labute approximate surface area is 123 Å². The molecule has 0 spiro atoms. The van der Waals surface area contributed by atoms with E-state index in [1.807, 2.05) is 20.8 Å². The Bertz CT molecular complexity index is 488. The van der Waals surface area contributed by atoms with Crippen LogP contribution in [0.1, 0.15) is 27.2 Å². The fourth-order valence-electron chi connectivity index (χ4n) is 1.97. The number of amides is 1. The van der Waals surface area contributed by atoms with Gasteiger partial charge in [0.15, 0.2) is 0 Å². The quantitative estimate of drug-likeness (QED) is 0.787. The molecule has 6 heteroatoms. The van der Waals surface area contributed by atoms with Gasteiger partial charge in [-0.3, -0.25) is 0 Å². The highest BCUT2D eigenvalue weighted by molar-refractivity contribution is 6.29. The molecule has 110 valence electrons. The normalized spacial score (nSPS) is 19.0. The molecule has 0 saturated carbocycles. The van der Waals surface area contributed by atoms with E-state index in [1.165, 1.54) is 0 Å². The Morgan fingerprint density at radius 2 is 2.25 bits per heavy atom. The molecule has 1 atom stereocenters. The monoisotopic (exact) mass is 298 g/mol. The van der Waals surface area contributed by atoms with Crippen LogP contribution in [-0.2, 0) is 4.74 Å². The van der Waals surface area contributed by atoms with Gasteiger partial charge >= 0.3 is 6.09 Å². The number of carbonyl (C=O) groups excluding carboxylic acids is 1. The van der Waals surface area contributed by atoms with Crippen molar-refractivity contribution in [2.45, 2.75) is 38.9 Å². The van der Waals surface area contributed by atoms with Crippen molar-refractivity contribution >= 4 is 17.7 Å². The number of pyridine rings is 1. The average Bonchev–Trinajstić information content (AvgIpc) is 2.75. The van der Waals surface area contributed by atoms with Gasteiger partial charge in [-0.05, 0) is 26.8 Å². The molecule has 1 aliphatic rings. The molecule has 1 fully saturated rings. The summed E-state index contributed by atoms with van der Waals surface area (Å²) in [5.74, 6) is 0.668. The number of carbonyl (C=O) groups is 1. The van der Waals surface area contributed by atoms with Crippen LogP contribution in [0.5, 0.6) is 5.75 Å². The predicted molar refractivity (Wildman–Crippen MR) is 76.1 cm³/mol. The van der Waals surface area contributed by atoms with E-state index >= 15 is 0 Å². The van der Waals surface area contributed by atoms with Crippen molar-refractivity contribution in [2.75, 3.05) is 13.1 Å². The predicted octanol–water partition coefficient (Wildman–Crippen LogP) is 3.12. The van der Waals surface area contributed by atoms with Crippen LogP contribution in [0.4, 0.5) is 4.79 Å². The van der Waals surface area contributed by atoms with E-state index < -0.39 is 5.60 Å². The fourth-order valence-corrected chi connectivity index (χ4v) is 2.13. The van der Waals surface area contributed by atoms with E-state index in [0.29, 0.717) is 24.0 Å². The lowest BCUT2D eigenvalue weighted by atomic mass is 10.2. The molecule has 1 aromatic rings. The lowest BCUT2D eigenvalue weighted by molar-refractivity contribution is 0.0275. The number of rotatable bonds is 2. The summed E-state index contributed by atoms with van der Waals surface area (Å²) in [7, 11) is 0. The fraction of sp³-hybridized carbons (Fsp3) is 0.571. The third-order valence-electron chi connectivity index (χ3n) is 2.80. The van der Waals surface area contributed by atoms with Gasteiger partial charge in [0.1, 0.15) is 22.6 Å². The number of ether oxygens (including phenoxy) is 2. The molecular weight excluding hydrogens is 280 g/mol. The molecule has 2 heterocycles. The van der Waals surface area contributed by atoms with E-state index in [4.69, 9.17) is 21.1 Å². The van der Waals surface area contributed by atoms with Crippen LogP contribution in [0.25, 0.3) is 0 Å². The maximum atomic E-state index is 11.9. The van der Waals surface area contributed by atoms with Crippen LogP contribution in [0.15, 0.2) is 18.3 Å². The molecule has 1 amide bonds. The molecule has 0 N–H and O–H groups in total. The first kappa shape index (κ1) is 14.9. The maximum Gasteiger partial charge on any atom is 0.410 e. The number of likely N-dealkylation sites (tertiary alicyclic amines) is 1. The Morgan fingerprint density at radius 3 is 2.90 bits per heavy atom. The zero-order valence-electron chi connectivity index (χ0n) is 11.9. The van der Waals surface area contributed by atoms with Gasteiger partial charge in [0, 0.05) is 25.2 Å². The van der Waals surface area contributed by atoms with Gasteiger partial charge in [-0.1, -0.05) is 11.6 Å². The summed E-state index contributed by atoms with van der Waals surface area (Å²) in [6, 6.07) is 3.42. The molecule has 2 rings (SSSR count). The van der Waals surface area contributed by atoms with Crippen molar-refractivity contribution in [3.63, 3.8) is 0 Å². The minimum absolute atomic E-state index is 0.0408. The van der Waals surface area contributed by atoms with E-state index in [1.54, 1.807) is 23.2 Å². The van der Waals surface area contributed by atoms with Crippen LogP contribution < -0.4 is 4.74 Å². The van der Waals surface area contributed by atoms with Crippen molar-refractivity contribution in [3.05, 3.63) is 23.5 Å². The third kappa shape index (κ3) is 4.27. The Balaban J connectivity index is 1.88. The van der Waals surface area contributed by atoms with Gasteiger partial charge < -0.3 is 14.4 Å². The van der Waals surface area contributed by atoms with Gasteiger partial charge in [0.25, 0.3) is 0 Å². The highest BCUT2D eigenvalue weighted by atomic mass is 35.5. The van der Waals surface area contributed by atoms with Crippen molar-refractivity contribution in [1.29, 1.82) is 0 Å². The van der Waals surface area contributed by atoms with Gasteiger partial charge in [-0.25, -0.2) is 9.78 Å². The topological polar surface area (TPSA) is 51.7 Å². The highest BCUT2D eigenvalue weighted by Crippen LogP contribution is 2.21. The van der Waals surface area contributed by atoms with E-state index in [9.17, 15) is 4.79 Å². The highest BCUT2D eigenvalue weighted by Gasteiger charge is 2.30. The summed E-state index contributed by atoms with van der Waals surface area (Å²) in [6.07, 6.45) is 2.04. The number of nitrogens with zero attached hydrogens (tertiary/aromatic N) is 2. The molecule has 1 saturated heterocycles. The second-order valence-corrected chi connectivity index (χ2v) is 6.16. The van der Waals surface area contributed by atoms with Crippen molar-refractivity contribution in [1.82, 2.24) is 9.88 Å². The van der Waals surface area contributed by atoms with Crippen LogP contribution in [0.3, 0.4) is 0 Å². The molecule has 1 aromatic heterocycles. The van der Waals surface area contributed by atoms with Crippen molar-refractivity contribution in [3.8, 4) is 5.75 Å². The van der Waals surface area contributed by atoms with E-state index in [0.717, 1.165) is 6.42 Å². The lowest BCUT2D eigenvalue weighted by Crippen LogP contribution is -2.36. The minimum Gasteiger partial charge on any atom is -0.488 e. The number of halogens is 1. The second kappa shape index (κ2) is 5.87. The molecule has 0 radical (unpaired) electrons. The summed E-state index contributed by atoms with van der Waals surface area (Å²) >= 11 is 5.81. The number of hydrogen-bond donors (Lipinski definition) is 0. The zero-order chi connectivity index (χ0) is 14.8. The number of hydrogen-bond acceptors (Lipinski definition) is 4. The minimum atomic E-state index is -0.478. The third-order valence-corrected chi connectivity index (χ3v) is 3.00. The second-order valence-electron chi connectivity index (χ2n) is 5.77. The molecule has 0 aromatic carbocycles. The summed E-state index contributed by atoms with van der Waals surface area (Å²) in [6.45, 7) is 6.73. The maximum absolute atomic E-state index is 11.9. The molecule has 1 aliphatic heterocycles. The number of aromatic nitrogens is 1. The zero-order valence-corrected chi connectivity index (χ0v) is 12.7. The van der Waals surface area contributed by atoms with Crippen LogP contribution in [-0.4, -0.2) is 40.8 Å². The molecular formula is C14H19ClN2O3. The van der Waals surface area contributed by atoms with Crippen LogP contribution >= 0.6 is 11.6 Å². The Morgan fingerprint density at radius 1 is 1.50 bits per heavy atom. The smallest absolute Gasteiger partial charge is 0.410 e. The largest absolute Gasteiger partial charge is 0.488 e. The van der Waals surface area contributed by atoms with E-state index in [-0.39, 0.29) is 12.2 Å². The summed E-state index contributed by atoms with van der Waals surface area (Å²) < 4.78 is 11.1. The first-order valence-corrected chi connectivity index (χ1v) is 6.97. The van der Waals surface area contributed by atoms with Gasteiger partial charge in [-0.15, -0.1) is 0 Å². The molecule has 0 aliphatic carbocycles. The summed E-state index contributed by atoms with van der Waals surface area (Å²) in [5.41, 5.74) is -0.478. The first-order chi connectivity index (χ1) is 9.33. The van der Waals surface area contributed by atoms with Gasteiger partial charge in [0.2, 0.25) is 0 Å².